The number of hydrogen-bond acceptors (Lipinski definition) is 7. The number of nitrogens with one attached hydrogen (secondary N) is 1. The van der Waals surface area contributed by atoms with Crippen LogP contribution in [0.15, 0.2) is 0 Å². The monoisotopic (exact) mass is 383 g/mol. The molecule has 0 aliphatic rings. The Balaban J connectivity index is 0. The van der Waals surface area contributed by atoms with Crippen molar-refractivity contribution in [3.63, 3.8) is 0 Å². The number of hydrogen-bond donors (Lipinski definition) is 9. The van der Waals surface area contributed by atoms with Crippen molar-refractivity contribution in [3.8, 4) is 0 Å². The second kappa shape index (κ2) is 10.1. The maximum absolute atomic E-state index is 9.21. The van der Waals surface area contributed by atoms with Crippen LogP contribution in [0.3, 0.4) is 0 Å². The van der Waals surface area contributed by atoms with E-state index in [1.54, 1.807) is 7.05 Å². The van der Waals surface area contributed by atoms with Gasteiger partial charge in [-0.2, -0.15) is 0 Å². The number of aliphatic hydroxyl groups excluding tert-OH is 5. The molecule has 4 atom stereocenters. The molecule has 18 heavy (non-hydrogen) atoms. The van der Waals surface area contributed by atoms with Crippen molar-refractivity contribution in [2.24, 2.45) is 0 Å². The molecule has 0 aromatic carbocycles. The molecule has 0 amide bonds. The maximum atomic E-state index is 9.21. The molecule has 0 aliphatic heterocycles. The summed E-state index contributed by atoms with van der Waals surface area (Å²) in [7, 11) is 1.57. The average Bonchev–Trinajstić information content (AvgIpc) is 2.24. The zero-order chi connectivity index (χ0) is 14.9. The molecular weight excluding hydrogens is 364 g/mol. The summed E-state index contributed by atoms with van der Waals surface area (Å²) in [5, 5.41) is 47.5. The van der Waals surface area contributed by atoms with Crippen LogP contribution in [-0.2, 0) is 3.02 Å². The first-order chi connectivity index (χ1) is 8.04. The third kappa shape index (κ3) is 12.7. The van der Waals surface area contributed by atoms with Gasteiger partial charge in [-0.3, -0.25) is 0 Å². The molecular formula is C7H20NO9Sb. The van der Waals surface area contributed by atoms with Crippen LogP contribution in [-0.4, -0.2) is 100 Å². The van der Waals surface area contributed by atoms with Gasteiger partial charge >= 0.3 is 33.2 Å². The van der Waals surface area contributed by atoms with Crippen LogP contribution in [0.2, 0.25) is 0 Å². The standard InChI is InChI=1S/C7H17NO5.3H2O.O.Sb/c1-8-2-4(10)6(12)7(13)5(11)3-9;;;;;/h4-13H,2-3H2,1H3;3*1H2;;/q;;;;;+3/p-3/t4-,5+,6+,7+;;;;;/m0...../s1. The molecule has 0 radical (unpaired) electrons. The van der Waals surface area contributed by atoms with Crippen molar-refractivity contribution < 1.29 is 38.7 Å². The van der Waals surface area contributed by atoms with E-state index in [2.05, 4.69) is 5.32 Å². The molecule has 9 N–H and O–H groups in total. The van der Waals surface area contributed by atoms with E-state index in [-0.39, 0.29) is 6.54 Å². The summed E-state index contributed by atoms with van der Waals surface area (Å²) in [5.41, 5.74) is 0. The second-order valence-corrected chi connectivity index (χ2v) is 6.30. The molecule has 112 valence electrons. The van der Waals surface area contributed by atoms with Gasteiger partial charge in [-0.25, -0.2) is 0 Å². The van der Waals surface area contributed by atoms with E-state index in [4.69, 9.17) is 33.6 Å². The van der Waals surface area contributed by atoms with E-state index < -0.39 is 51.1 Å². The molecule has 0 saturated heterocycles. The Morgan fingerprint density at radius 1 is 1.00 bits per heavy atom. The molecule has 0 rings (SSSR count). The van der Waals surface area contributed by atoms with Crippen LogP contribution in [0.4, 0.5) is 0 Å². The summed E-state index contributed by atoms with van der Waals surface area (Å²) >= 11 is -5.35. The fourth-order valence-corrected chi connectivity index (χ4v) is 0.893. The van der Waals surface area contributed by atoms with Crippen molar-refractivity contribution in [2.75, 3.05) is 20.2 Å². The first-order valence-electron chi connectivity index (χ1n) is 4.80. The summed E-state index contributed by atoms with van der Waals surface area (Å²) in [5.74, 6) is 0. The Hall–Kier alpha value is 0.258. The fraction of sp³-hybridized carbons (Fsp3) is 1.00. The van der Waals surface area contributed by atoms with Gasteiger partial charge in [0.1, 0.15) is 18.3 Å². The zero-order valence-corrected chi connectivity index (χ0v) is 12.2. The van der Waals surface area contributed by atoms with Crippen molar-refractivity contribution >= 4 is 20.1 Å². The van der Waals surface area contributed by atoms with E-state index in [1.165, 1.54) is 0 Å². The molecule has 0 spiro atoms. The van der Waals surface area contributed by atoms with Crippen LogP contribution < -0.4 is 5.32 Å². The van der Waals surface area contributed by atoms with E-state index in [0.717, 1.165) is 0 Å². The molecule has 0 aromatic heterocycles. The van der Waals surface area contributed by atoms with Gasteiger partial charge in [-0.15, -0.1) is 0 Å². The van der Waals surface area contributed by atoms with Crippen LogP contribution in [0.1, 0.15) is 0 Å². The minimum absolute atomic E-state index is 0.0936. The molecule has 0 aliphatic carbocycles. The predicted molar refractivity (Wildman–Crippen MR) is 58.1 cm³/mol. The Kier molecular flexibility index (Phi) is 11.5. The summed E-state index contributed by atoms with van der Waals surface area (Å²) in [6.45, 7) is -0.569. The van der Waals surface area contributed by atoms with Crippen LogP contribution in [0.5, 0.6) is 0 Å². The predicted octanol–water partition coefficient (Wildman–Crippen LogP) is -5.53. The first kappa shape index (κ1) is 20.6. The Morgan fingerprint density at radius 2 is 1.33 bits per heavy atom. The molecule has 10 nitrogen and oxygen atoms in total. The summed E-state index contributed by atoms with van der Waals surface area (Å²) in [6.07, 6.45) is -5.65. The molecule has 0 bridgehead atoms. The van der Waals surface area contributed by atoms with E-state index in [9.17, 15) is 5.11 Å². The van der Waals surface area contributed by atoms with E-state index in [1.807, 2.05) is 0 Å². The second-order valence-electron chi connectivity index (χ2n) is 3.37. The average molecular weight is 384 g/mol. The topological polar surface area (TPSA) is 191 Å². The number of likely N-dealkylation sites (N-methyl/N-ethyl adjacent to an activating group) is 1. The van der Waals surface area contributed by atoms with Crippen LogP contribution in [0, 0.1) is 0 Å². The van der Waals surface area contributed by atoms with E-state index in [0.29, 0.717) is 0 Å². The quantitative estimate of drug-likeness (QED) is 0.200. The van der Waals surface area contributed by atoms with Gasteiger partial charge in [0.05, 0.1) is 12.7 Å². The van der Waals surface area contributed by atoms with Gasteiger partial charge in [-0.1, -0.05) is 0 Å². The van der Waals surface area contributed by atoms with Crippen molar-refractivity contribution in [3.05, 3.63) is 0 Å². The summed E-state index contributed by atoms with van der Waals surface area (Å²) < 4.78 is 30.8. The third-order valence-electron chi connectivity index (χ3n) is 1.74. The molecule has 0 unspecified atom stereocenters. The van der Waals surface area contributed by atoms with Crippen LogP contribution >= 0.6 is 0 Å². The summed E-state index contributed by atoms with van der Waals surface area (Å²) in [4.78, 5) is 0. The van der Waals surface area contributed by atoms with Gasteiger partial charge in [-0.05, 0) is 7.05 Å². The Labute approximate surface area is 109 Å². The summed E-state index contributed by atoms with van der Waals surface area (Å²) in [6, 6.07) is 0. The molecule has 0 saturated carbocycles. The van der Waals surface area contributed by atoms with Crippen molar-refractivity contribution in [2.45, 2.75) is 24.4 Å². The normalized spacial score (nSPS) is 18.3. The number of aliphatic hydroxyl groups is 5. The Bertz CT molecular complexity index is 239. The zero-order valence-electron chi connectivity index (χ0n) is 9.66. The van der Waals surface area contributed by atoms with Crippen molar-refractivity contribution in [1.82, 2.24) is 5.32 Å². The van der Waals surface area contributed by atoms with Gasteiger partial charge in [0, 0.05) is 6.54 Å². The SMILES string of the molecule is CNC[C@H](O)[C@@H](O)[C@H](O)[C@H](O)CO.[O]=[Sb]([OH])([OH])[OH]. The number of rotatable bonds is 6. The molecule has 0 heterocycles. The third-order valence-corrected chi connectivity index (χ3v) is 1.74. The van der Waals surface area contributed by atoms with E-state index >= 15 is 0 Å². The molecule has 0 aromatic rings. The minimum atomic E-state index is -5.35. The first-order valence-corrected chi connectivity index (χ1v) is 9.27. The van der Waals surface area contributed by atoms with Gasteiger partial charge in [0.2, 0.25) is 0 Å². The molecule has 11 heteroatoms. The van der Waals surface area contributed by atoms with Crippen LogP contribution in [0.25, 0.3) is 0 Å². The molecule has 0 fully saturated rings. The van der Waals surface area contributed by atoms with Gasteiger partial charge in [0.25, 0.3) is 0 Å². The fourth-order valence-electron chi connectivity index (χ4n) is 0.893. The van der Waals surface area contributed by atoms with Gasteiger partial charge in [0.15, 0.2) is 0 Å². The Morgan fingerprint density at radius 3 is 1.61 bits per heavy atom. The van der Waals surface area contributed by atoms with Crippen molar-refractivity contribution in [1.29, 1.82) is 0 Å². The van der Waals surface area contributed by atoms with Gasteiger partial charge < -0.3 is 30.8 Å².